The van der Waals surface area contributed by atoms with E-state index in [4.69, 9.17) is 0 Å². The Morgan fingerprint density at radius 2 is 2.12 bits per heavy atom. The van der Waals surface area contributed by atoms with Gasteiger partial charge >= 0.3 is 0 Å². The third-order valence-electron chi connectivity index (χ3n) is 4.03. The molecular formula is C16H24FN3O2S2. The summed E-state index contributed by atoms with van der Waals surface area (Å²) in [6.07, 6.45) is 0. The standard InChI is InChI=1S/C16H24FN3O2S2/c1-16(2)12-20(9-11-24(16,21)22)15(18-3)19-8-10-23-14-7-5-4-6-13(14)17/h4-7H,8-12H2,1-3H3,(H,18,19). The summed E-state index contributed by atoms with van der Waals surface area (Å²) in [6, 6.07) is 6.69. The van der Waals surface area contributed by atoms with Gasteiger partial charge in [0, 0.05) is 37.3 Å². The second kappa shape index (κ2) is 7.74. The Balaban J connectivity index is 1.86. The number of thioether (sulfide) groups is 1. The Morgan fingerprint density at radius 1 is 1.42 bits per heavy atom. The molecule has 1 N–H and O–H groups in total. The van der Waals surface area contributed by atoms with Crippen LogP contribution in [0.5, 0.6) is 0 Å². The van der Waals surface area contributed by atoms with Gasteiger partial charge in [0.1, 0.15) is 5.82 Å². The van der Waals surface area contributed by atoms with E-state index in [0.29, 0.717) is 36.2 Å². The van der Waals surface area contributed by atoms with Crippen LogP contribution >= 0.6 is 11.8 Å². The van der Waals surface area contributed by atoms with E-state index in [1.54, 1.807) is 33.0 Å². The lowest BCUT2D eigenvalue weighted by Crippen LogP contribution is -2.57. The third-order valence-corrected chi connectivity index (χ3v) is 7.62. The third kappa shape index (κ3) is 4.42. The molecule has 24 heavy (non-hydrogen) atoms. The van der Waals surface area contributed by atoms with Crippen LogP contribution in [0.25, 0.3) is 0 Å². The summed E-state index contributed by atoms with van der Waals surface area (Å²) in [5.41, 5.74) is 0. The Bertz CT molecular complexity index is 705. The molecule has 1 aromatic rings. The minimum atomic E-state index is -3.07. The van der Waals surface area contributed by atoms with E-state index in [9.17, 15) is 12.8 Å². The zero-order chi connectivity index (χ0) is 17.8. The first-order chi connectivity index (χ1) is 11.3. The number of halogens is 1. The molecule has 0 bridgehead atoms. The number of hydrogen-bond donors (Lipinski definition) is 1. The predicted molar refractivity (Wildman–Crippen MR) is 97.9 cm³/mol. The van der Waals surface area contributed by atoms with Crippen molar-refractivity contribution in [2.24, 2.45) is 4.99 Å². The summed E-state index contributed by atoms with van der Waals surface area (Å²) in [5, 5.41) is 3.23. The van der Waals surface area contributed by atoms with Gasteiger partial charge in [-0.05, 0) is 26.0 Å². The number of nitrogens with one attached hydrogen (secondary N) is 1. The highest BCUT2D eigenvalue weighted by molar-refractivity contribution is 7.99. The van der Waals surface area contributed by atoms with Crippen LogP contribution in [0.2, 0.25) is 0 Å². The minimum Gasteiger partial charge on any atom is -0.355 e. The Hall–Kier alpha value is -1.28. The molecule has 0 aromatic heterocycles. The van der Waals surface area contributed by atoms with Gasteiger partial charge < -0.3 is 10.2 Å². The van der Waals surface area contributed by atoms with E-state index < -0.39 is 14.6 Å². The first-order valence-electron chi connectivity index (χ1n) is 7.82. The lowest BCUT2D eigenvalue weighted by Gasteiger charge is -2.39. The van der Waals surface area contributed by atoms with E-state index in [2.05, 4.69) is 10.3 Å². The highest BCUT2D eigenvalue weighted by Gasteiger charge is 2.40. The molecular weight excluding hydrogens is 349 g/mol. The van der Waals surface area contributed by atoms with Crippen LogP contribution in [0.4, 0.5) is 4.39 Å². The topological polar surface area (TPSA) is 61.8 Å². The maximum absolute atomic E-state index is 13.6. The van der Waals surface area contributed by atoms with E-state index in [0.717, 1.165) is 0 Å². The molecule has 1 heterocycles. The van der Waals surface area contributed by atoms with Gasteiger partial charge in [-0.25, -0.2) is 12.8 Å². The molecule has 0 spiro atoms. The molecule has 0 unspecified atom stereocenters. The molecule has 0 saturated carbocycles. The van der Waals surface area contributed by atoms with E-state index in [-0.39, 0.29) is 11.6 Å². The smallest absolute Gasteiger partial charge is 0.193 e. The number of hydrogen-bond acceptors (Lipinski definition) is 4. The average Bonchev–Trinajstić information content (AvgIpc) is 2.52. The van der Waals surface area contributed by atoms with Gasteiger partial charge in [-0.1, -0.05) is 12.1 Å². The lowest BCUT2D eigenvalue weighted by atomic mass is 10.2. The predicted octanol–water partition coefficient (Wildman–Crippen LogP) is 2.00. The van der Waals surface area contributed by atoms with Gasteiger partial charge in [-0.2, -0.15) is 0 Å². The molecule has 1 fully saturated rings. The van der Waals surface area contributed by atoms with Crippen LogP contribution in [-0.2, 0) is 9.84 Å². The monoisotopic (exact) mass is 373 g/mol. The fraction of sp³-hybridized carbons (Fsp3) is 0.562. The number of benzene rings is 1. The van der Waals surface area contributed by atoms with Crippen molar-refractivity contribution < 1.29 is 12.8 Å². The molecule has 5 nitrogen and oxygen atoms in total. The summed E-state index contributed by atoms with van der Waals surface area (Å²) >= 11 is 1.44. The maximum Gasteiger partial charge on any atom is 0.193 e. The van der Waals surface area contributed by atoms with Crippen LogP contribution in [0.1, 0.15) is 13.8 Å². The number of guanidine groups is 1. The van der Waals surface area contributed by atoms with Crippen LogP contribution in [-0.4, -0.2) is 62.2 Å². The van der Waals surface area contributed by atoms with Crippen molar-refractivity contribution in [1.29, 1.82) is 0 Å². The maximum atomic E-state index is 13.6. The van der Waals surface area contributed by atoms with Crippen molar-refractivity contribution in [2.75, 3.05) is 38.2 Å². The molecule has 2 rings (SSSR count). The Kier molecular flexibility index (Phi) is 6.14. The average molecular weight is 374 g/mol. The summed E-state index contributed by atoms with van der Waals surface area (Å²) in [7, 11) is -1.39. The second-order valence-electron chi connectivity index (χ2n) is 6.25. The quantitative estimate of drug-likeness (QED) is 0.379. The fourth-order valence-corrected chi connectivity index (χ4v) is 4.71. The van der Waals surface area contributed by atoms with Crippen LogP contribution in [0.15, 0.2) is 34.2 Å². The minimum absolute atomic E-state index is 0.130. The SMILES string of the molecule is CN=C(NCCSc1ccccc1F)N1CCS(=O)(=O)C(C)(C)C1. The lowest BCUT2D eigenvalue weighted by molar-refractivity contribution is 0.354. The van der Waals surface area contributed by atoms with Crippen molar-refractivity contribution in [2.45, 2.75) is 23.5 Å². The molecule has 1 aliphatic heterocycles. The second-order valence-corrected chi connectivity index (χ2v) is 10.1. The van der Waals surface area contributed by atoms with E-state index in [1.165, 1.54) is 17.8 Å². The molecule has 0 radical (unpaired) electrons. The Labute approximate surface area is 147 Å². The number of nitrogens with zero attached hydrogens (tertiary/aromatic N) is 2. The van der Waals surface area contributed by atoms with Gasteiger partial charge in [0.15, 0.2) is 15.8 Å². The van der Waals surface area contributed by atoms with Gasteiger partial charge in [-0.15, -0.1) is 11.8 Å². The molecule has 0 amide bonds. The summed E-state index contributed by atoms with van der Waals surface area (Å²) < 4.78 is 36.9. The molecule has 1 saturated heterocycles. The van der Waals surface area contributed by atoms with Crippen LogP contribution in [0.3, 0.4) is 0 Å². The summed E-state index contributed by atoms with van der Waals surface area (Å²) in [5.74, 6) is 1.29. The zero-order valence-electron chi connectivity index (χ0n) is 14.3. The van der Waals surface area contributed by atoms with E-state index in [1.807, 2.05) is 11.0 Å². The molecule has 0 aliphatic carbocycles. The van der Waals surface area contributed by atoms with Crippen molar-refractivity contribution >= 4 is 27.6 Å². The Morgan fingerprint density at radius 3 is 2.75 bits per heavy atom. The normalized spacial score (nSPS) is 20.0. The van der Waals surface area contributed by atoms with Gasteiger partial charge in [0.2, 0.25) is 0 Å². The van der Waals surface area contributed by atoms with Gasteiger partial charge in [0.05, 0.1) is 10.5 Å². The van der Waals surface area contributed by atoms with Crippen molar-refractivity contribution in [3.8, 4) is 0 Å². The number of aliphatic imine (C=N–C) groups is 1. The molecule has 1 aliphatic rings. The molecule has 134 valence electrons. The van der Waals surface area contributed by atoms with Crippen molar-refractivity contribution in [3.63, 3.8) is 0 Å². The largest absolute Gasteiger partial charge is 0.355 e. The van der Waals surface area contributed by atoms with Crippen LogP contribution < -0.4 is 5.32 Å². The van der Waals surface area contributed by atoms with Gasteiger partial charge in [0.25, 0.3) is 0 Å². The summed E-state index contributed by atoms with van der Waals surface area (Å²) in [6.45, 7) is 4.96. The highest BCUT2D eigenvalue weighted by atomic mass is 32.2. The van der Waals surface area contributed by atoms with E-state index >= 15 is 0 Å². The first-order valence-corrected chi connectivity index (χ1v) is 10.5. The molecule has 8 heteroatoms. The van der Waals surface area contributed by atoms with Crippen molar-refractivity contribution in [3.05, 3.63) is 30.1 Å². The number of sulfone groups is 1. The first kappa shape index (κ1) is 19.1. The zero-order valence-corrected chi connectivity index (χ0v) is 15.9. The van der Waals surface area contributed by atoms with Gasteiger partial charge in [-0.3, -0.25) is 4.99 Å². The van der Waals surface area contributed by atoms with Crippen LogP contribution in [0, 0.1) is 5.82 Å². The fourth-order valence-electron chi connectivity index (χ4n) is 2.54. The highest BCUT2D eigenvalue weighted by Crippen LogP contribution is 2.24. The van der Waals surface area contributed by atoms with Crippen molar-refractivity contribution in [1.82, 2.24) is 10.2 Å². The molecule has 0 atom stereocenters. The number of rotatable bonds is 4. The summed E-state index contributed by atoms with van der Waals surface area (Å²) in [4.78, 5) is 6.83. The molecule has 1 aromatic carbocycles.